The molecule has 9 heteroatoms. The number of carbonyl (C=O) groups is 2. The summed E-state index contributed by atoms with van der Waals surface area (Å²) in [5.74, 6) is 0.363. The molecule has 0 unspecified atom stereocenters. The molecular weight excluding hydrogens is 434 g/mol. The fourth-order valence-corrected chi connectivity index (χ4v) is 4.02. The van der Waals surface area contributed by atoms with E-state index in [0.717, 1.165) is 16.8 Å². The second-order valence-electron chi connectivity index (χ2n) is 7.23. The van der Waals surface area contributed by atoms with Crippen molar-refractivity contribution in [2.75, 3.05) is 11.1 Å². The van der Waals surface area contributed by atoms with Gasteiger partial charge in [0.1, 0.15) is 0 Å². The fourth-order valence-electron chi connectivity index (χ4n) is 3.08. The number of amides is 2. The minimum absolute atomic E-state index is 0.124. The third kappa shape index (κ3) is 5.65. The van der Waals surface area contributed by atoms with E-state index >= 15 is 0 Å². The molecule has 0 aliphatic rings. The Morgan fingerprint density at radius 3 is 2.61 bits per heavy atom. The Kier molecular flexibility index (Phi) is 7.35. The van der Waals surface area contributed by atoms with Gasteiger partial charge in [0.05, 0.1) is 22.4 Å². The molecule has 1 heterocycles. The molecule has 1 aromatic heterocycles. The third-order valence-corrected chi connectivity index (χ3v) is 6.06. The van der Waals surface area contributed by atoms with Gasteiger partial charge in [0.2, 0.25) is 5.91 Å². The van der Waals surface area contributed by atoms with Gasteiger partial charge in [-0.25, -0.2) is 0 Å². The number of aryl methyl sites for hydroxylation is 2. The predicted octanol–water partition coefficient (Wildman–Crippen LogP) is 4.31. The number of hydrogen-bond acceptors (Lipinski definition) is 5. The van der Waals surface area contributed by atoms with E-state index < -0.39 is 0 Å². The molecule has 2 amide bonds. The third-order valence-electron chi connectivity index (χ3n) is 4.71. The van der Waals surface area contributed by atoms with Crippen LogP contribution in [0.1, 0.15) is 40.3 Å². The van der Waals surface area contributed by atoms with E-state index in [4.69, 9.17) is 11.6 Å². The van der Waals surface area contributed by atoms with Crippen LogP contribution in [-0.4, -0.2) is 32.3 Å². The van der Waals surface area contributed by atoms with E-state index in [2.05, 4.69) is 20.8 Å². The van der Waals surface area contributed by atoms with E-state index in [1.165, 1.54) is 11.8 Å². The maximum atomic E-state index is 12.5. The first-order valence-corrected chi connectivity index (χ1v) is 11.1. The minimum Gasteiger partial charge on any atom is -0.342 e. The Labute approximate surface area is 190 Å². The summed E-state index contributed by atoms with van der Waals surface area (Å²) in [4.78, 5) is 24.8. The zero-order chi connectivity index (χ0) is 22.5. The van der Waals surface area contributed by atoms with Crippen LogP contribution in [0.3, 0.4) is 0 Å². The number of benzene rings is 2. The van der Waals surface area contributed by atoms with E-state index in [1.54, 1.807) is 35.9 Å². The molecule has 162 valence electrons. The molecule has 0 saturated heterocycles. The molecule has 0 radical (unpaired) electrons. The highest BCUT2D eigenvalue weighted by Gasteiger charge is 2.20. The summed E-state index contributed by atoms with van der Waals surface area (Å²) in [6.07, 6.45) is 0. The van der Waals surface area contributed by atoms with Crippen LogP contribution in [0.5, 0.6) is 0 Å². The van der Waals surface area contributed by atoms with Gasteiger partial charge in [-0.3, -0.25) is 9.59 Å². The molecule has 31 heavy (non-hydrogen) atoms. The van der Waals surface area contributed by atoms with Gasteiger partial charge >= 0.3 is 0 Å². The Morgan fingerprint density at radius 2 is 1.90 bits per heavy atom. The number of halogens is 1. The number of thioether (sulfide) groups is 1. The van der Waals surface area contributed by atoms with E-state index in [9.17, 15) is 9.59 Å². The van der Waals surface area contributed by atoms with Gasteiger partial charge in [-0.05, 0) is 44.5 Å². The van der Waals surface area contributed by atoms with Gasteiger partial charge in [-0.15, -0.1) is 10.2 Å². The van der Waals surface area contributed by atoms with Crippen LogP contribution in [0.25, 0.3) is 0 Å². The minimum atomic E-state index is -0.389. The molecule has 0 saturated carbocycles. The maximum Gasteiger partial charge on any atom is 0.253 e. The lowest BCUT2D eigenvalue weighted by molar-refractivity contribution is -0.113. The van der Waals surface area contributed by atoms with Crippen molar-refractivity contribution >= 4 is 40.9 Å². The SMILES string of the molecule is Cc1ccc(NC(=O)CSc2nnc([C@@H](C)NC(=O)c3ccccc3Cl)n2C)c(C)c1. The van der Waals surface area contributed by atoms with Crippen molar-refractivity contribution in [3.63, 3.8) is 0 Å². The highest BCUT2D eigenvalue weighted by Crippen LogP contribution is 2.22. The first-order chi connectivity index (χ1) is 14.8. The lowest BCUT2D eigenvalue weighted by Crippen LogP contribution is -2.28. The standard InChI is InChI=1S/C22H24ClN5O2S/c1-13-9-10-18(14(2)11-13)25-19(29)12-31-22-27-26-20(28(22)4)15(3)24-21(30)16-7-5-6-8-17(16)23/h5-11,15H,12H2,1-4H3,(H,24,30)(H,25,29)/t15-/m1/s1. The van der Waals surface area contributed by atoms with Gasteiger partial charge in [-0.2, -0.15) is 0 Å². The first-order valence-electron chi connectivity index (χ1n) is 9.71. The van der Waals surface area contributed by atoms with Crippen molar-refractivity contribution < 1.29 is 9.59 Å². The average Bonchev–Trinajstić information content (AvgIpc) is 3.09. The number of nitrogens with one attached hydrogen (secondary N) is 2. The smallest absolute Gasteiger partial charge is 0.253 e. The van der Waals surface area contributed by atoms with Gasteiger partial charge in [0, 0.05) is 12.7 Å². The number of rotatable bonds is 7. The van der Waals surface area contributed by atoms with Crippen LogP contribution in [0.4, 0.5) is 5.69 Å². The number of hydrogen-bond donors (Lipinski definition) is 2. The van der Waals surface area contributed by atoms with E-state index in [0.29, 0.717) is 21.6 Å². The van der Waals surface area contributed by atoms with Gasteiger partial charge in [0.25, 0.3) is 5.91 Å². The van der Waals surface area contributed by atoms with Gasteiger partial charge < -0.3 is 15.2 Å². The molecule has 3 rings (SSSR count). The summed E-state index contributed by atoms with van der Waals surface area (Å²) in [5, 5.41) is 15.1. The molecule has 1 atom stereocenters. The second kappa shape index (κ2) is 9.98. The van der Waals surface area contributed by atoms with E-state index in [1.807, 2.05) is 39.0 Å². The van der Waals surface area contributed by atoms with Crippen LogP contribution in [0.15, 0.2) is 47.6 Å². The molecule has 0 aliphatic heterocycles. The number of nitrogens with zero attached hydrogens (tertiary/aromatic N) is 3. The molecule has 0 spiro atoms. The van der Waals surface area contributed by atoms with Gasteiger partial charge in [-0.1, -0.05) is 53.2 Å². The van der Waals surface area contributed by atoms with Gasteiger partial charge in [0.15, 0.2) is 11.0 Å². The van der Waals surface area contributed by atoms with Crippen molar-refractivity contribution in [1.29, 1.82) is 0 Å². The molecular formula is C22H24ClN5O2S. The van der Waals surface area contributed by atoms with Crippen LogP contribution in [-0.2, 0) is 11.8 Å². The maximum absolute atomic E-state index is 12.5. The van der Waals surface area contributed by atoms with Crippen LogP contribution < -0.4 is 10.6 Å². The summed E-state index contributed by atoms with van der Waals surface area (Å²) >= 11 is 7.38. The molecule has 0 fully saturated rings. The second-order valence-corrected chi connectivity index (χ2v) is 8.58. The zero-order valence-corrected chi connectivity index (χ0v) is 19.3. The quantitative estimate of drug-likeness (QED) is 0.516. The lowest BCUT2D eigenvalue weighted by Gasteiger charge is -2.14. The number of carbonyl (C=O) groups excluding carboxylic acids is 2. The average molecular weight is 458 g/mol. The van der Waals surface area contributed by atoms with Crippen molar-refractivity contribution in [3.05, 3.63) is 70.0 Å². The lowest BCUT2D eigenvalue weighted by atomic mass is 10.1. The summed E-state index contributed by atoms with van der Waals surface area (Å²) in [5.41, 5.74) is 3.36. The number of aromatic nitrogens is 3. The fraction of sp³-hybridized carbons (Fsp3) is 0.273. The Bertz CT molecular complexity index is 1120. The van der Waals surface area contributed by atoms with Crippen molar-refractivity contribution in [2.24, 2.45) is 7.05 Å². The molecule has 2 N–H and O–H groups in total. The first kappa shape index (κ1) is 22.8. The normalized spacial score (nSPS) is 11.8. The molecule has 0 bridgehead atoms. The van der Waals surface area contributed by atoms with Crippen molar-refractivity contribution in [1.82, 2.24) is 20.1 Å². The van der Waals surface area contributed by atoms with Crippen LogP contribution in [0, 0.1) is 13.8 Å². The number of anilines is 1. The monoisotopic (exact) mass is 457 g/mol. The highest BCUT2D eigenvalue weighted by atomic mass is 35.5. The van der Waals surface area contributed by atoms with Crippen molar-refractivity contribution in [2.45, 2.75) is 32.0 Å². The summed E-state index contributed by atoms with van der Waals surface area (Å²) in [7, 11) is 1.80. The largest absolute Gasteiger partial charge is 0.342 e. The topological polar surface area (TPSA) is 88.9 Å². The molecule has 0 aliphatic carbocycles. The Balaban J connectivity index is 1.59. The summed E-state index contributed by atoms with van der Waals surface area (Å²) in [6, 6.07) is 12.4. The van der Waals surface area contributed by atoms with E-state index in [-0.39, 0.29) is 23.6 Å². The highest BCUT2D eigenvalue weighted by molar-refractivity contribution is 7.99. The molecule has 7 nitrogen and oxygen atoms in total. The van der Waals surface area contributed by atoms with Crippen LogP contribution in [0.2, 0.25) is 5.02 Å². The molecule has 3 aromatic rings. The van der Waals surface area contributed by atoms with Crippen LogP contribution >= 0.6 is 23.4 Å². The predicted molar refractivity (Wildman–Crippen MR) is 124 cm³/mol. The molecule has 2 aromatic carbocycles. The zero-order valence-electron chi connectivity index (χ0n) is 17.8. The Morgan fingerprint density at radius 1 is 1.16 bits per heavy atom. The van der Waals surface area contributed by atoms with Crippen molar-refractivity contribution in [3.8, 4) is 0 Å². The summed E-state index contributed by atoms with van der Waals surface area (Å²) in [6.45, 7) is 5.79. The Hall–Kier alpha value is -2.84. The summed E-state index contributed by atoms with van der Waals surface area (Å²) < 4.78 is 1.77.